The minimum absolute atomic E-state index is 0.563. The summed E-state index contributed by atoms with van der Waals surface area (Å²) in [7, 11) is 0. The summed E-state index contributed by atoms with van der Waals surface area (Å²) in [6, 6.07) is 12.9. The lowest BCUT2D eigenvalue weighted by Crippen LogP contribution is -1.89. The van der Waals surface area contributed by atoms with Gasteiger partial charge in [-0.2, -0.15) is 5.26 Å². The Morgan fingerprint density at radius 3 is 2.83 bits per heavy atom. The van der Waals surface area contributed by atoms with Crippen molar-refractivity contribution in [1.29, 1.82) is 5.26 Å². The van der Waals surface area contributed by atoms with E-state index in [-0.39, 0.29) is 0 Å². The first-order valence-corrected chi connectivity index (χ1v) is 5.66. The molecule has 86 valence electrons. The summed E-state index contributed by atoms with van der Waals surface area (Å²) in [4.78, 5) is 0. The third kappa shape index (κ3) is 1.71. The highest BCUT2D eigenvalue weighted by Crippen LogP contribution is 2.21. The molecule has 4 nitrogen and oxygen atoms in total. The molecule has 0 radical (unpaired) electrons. The van der Waals surface area contributed by atoms with E-state index in [4.69, 9.17) is 16.9 Å². The van der Waals surface area contributed by atoms with E-state index in [1.165, 1.54) is 0 Å². The van der Waals surface area contributed by atoms with Crippen molar-refractivity contribution in [1.82, 2.24) is 14.6 Å². The molecular formula is C13H7ClN4. The Bertz CT molecular complexity index is 770. The average molecular weight is 255 g/mol. The monoisotopic (exact) mass is 254 g/mol. The van der Waals surface area contributed by atoms with Crippen LogP contribution < -0.4 is 0 Å². The third-order valence-corrected chi connectivity index (χ3v) is 2.86. The second-order valence-electron chi connectivity index (χ2n) is 3.79. The van der Waals surface area contributed by atoms with E-state index in [1.807, 2.05) is 28.7 Å². The average Bonchev–Trinajstić information content (AvgIpc) is 2.81. The molecule has 0 atom stereocenters. The van der Waals surface area contributed by atoms with Crippen LogP contribution in [0.25, 0.3) is 17.0 Å². The zero-order valence-electron chi connectivity index (χ0n) is 9.21. The fraction of sp³-hybridized carbons (Fsp3) is 0. The highest BCUT2D eigenvalue weighted by atomic mass is 35.5. The summed E-state index contributed by atoms with van der Waals surface area (Å²) < 4.78 is 1.83. The van der Waals surface area contributed by atoms with Crippen LogP contribution in [0.1, 0.15) is 5.56 Å². The standard InChI is InChI=1S/C13H7ClN4/c14-11-3-1-2-10(7-11)13-17-16-12-6-9(8-15)4-5-18(12)13/h1-7H. The van der Waals surface area contributed by atoms with E-state index < -0.39 is 0 Å². The molecule has 2 aromatic heterocycles. The van der Waals surface area contributed by atoms with Crippen molar-refractivity contribution in [2.45, 2.75) is 0 Å². The van der Waals surface area contributed by atoms with Crippen LogP contribution in [-0.2, 0) is 0 Å². The largest absolute Gasteiger partial charge is 0.282 e. The highest BCUT2D eigenvalue weighted by molar-refractivity contribution is 6.30. The summed E-state index contributed by atoms with van der Waals surface area (Å²) >= 11 is 5.96. The molecule has 0 aliphatic heterocycles. The number of fused-ring (bicyclic) bond motifs is 1. The lowest BCUT2D eigenvalue weighted by Gasteiger charge is -2.00. The van der Waals surface area contributed by atoms with Gasteiger partial charge in [-0.1, -0.05) is 23.7 Å². The predicted octanol–water partition coefficient (Wildman–Crippen LogP) is 2.92. The van der Waals surface area contributed by atoms with Crippen LogP contribution in [0, 0.1) is 11.3 Å². The first-order valence-electron chi connectivity index (χ1n) is 5.29. The molecule has 0 aliphatic rings. The number of pyridine rings is 1. The number of nitrogens with zero attached hydrogens (tertiary/aromatic N) is 4. The maximum absolute atomic E-state index is 8.83. The summed E-state index contributed by atoms with van der Waals surface area (Å²) in [5, 5.41) is 17.7. The van der Waals surface area contributed by atoms with Gasteiger partial charge in [0.05, 0.1) is 11.6 Å². The lowest BCUT2D eigenvalue weighted by molar-refractivity contribution is 1.11. The molecule has 0 N–H and O–H groups in total. The van der Waals surface area contributed by atoms with Crippen molar-refractivity contribution in [3.05, 3.63) is 53.2 Å². The first-order chi connectivity index (χ1) is 8.78. The van der Waals surface area contributed by atoms with Crippen LogP contribution in [0.4, 0.5) is 0 Å². The number of rotatable bonds is 1. The molecule has 3 rings (SSSR count). The van der Waals surface area contributed by atoms with Gasteiger partial charge >= 0.3 is 0 Å². The van der Waals surface area contributed by atoms with Crippen LogP contribution in [0.15, 0.2) is 42.6 Å². The maximum atomic E-state index is 8.83. The minimum atomic E-state index is 0.563. The highest BCUT2D eigenvalue weighted by Gasteiger charge is 2.08. The van der Waals surface area contributed by atoms with Gasteiger partial charge < -0.3 is 0 Å². The van der Waals surface area contributed by atoms with Crippen molar-refractivity contribution < 1.29 is 0 Å². The summed E-state index contributed by atoms with van der Waals surface area (Å²) in [5.74, 6) is 0.706. The summed E-state index contributed by atoms with van der Waals surface area (Å²) in [6.45, 7) is 0. The van der Waals surface area contributed by atoms with Crippen molar-refractivity contribution in [3.8, 4) is 17.5 Å². The topological polar surface area (TPSA) is 54.0 Å². The maximum Gasteiger partial charge on any atom is 0.168 e. The lowest BCUT2D eigenvalue weighted by atomic mass is 10.2. The molecular weight excluding hydrogens is 248 g/mol. The second-order valence-corrected chi connectivity index (χ2v) is 4.23. The van der Waals surface area contributed by atoms with Crippen molar-refractivity contribution in [3.63, 3.8) is 0 Å². The Kier molecular flexibility index (Phi) is 2.47. The van der Waals surface area contributed by atoms with Crippen LogP contribution in [0.2, 0.25) is 5.02 Å². The van der Waals surface area contributed by atoms with Crippen LogP contribution >= 0.6 is 11.6 Å². The fourth-order valence-electron chi connectivity index (χ4n) is 1.78. The van der Waals surface area contributed by atoms with Gasteiger partial charge in [-0.15, -0.1) is 10.2 Å². The normalized spacial score (nSPS) is 10.4. The predicted molar refractivity (Wildman–Crippen MR) is 68.1 cm³/mol. The molecule has 0 bridgehead atoms. The van der Waals surface area contributed by atoms with E-state index in [0.29, 0.717) is 22.1 Å². The molecule has 0 spiro atoms. The van der Waals surface area contributed by atoms with Gasteiger partial charge in [0.1, 0.15) is 0 Å². The van der Waals surface area contributed by atoms with Crippen LogP contribution in [-0.4, -0.2) is 14.6 Å². The van der Waals surface area contributed by atoms with E-state index in [1.54, 1.807) is 18.3 Å². The Hall–Kier alpha value is -2.38. The molecule has 18 heavy (non-hydrogen) atoms. The van der Waals surface area contributed by atoms with Gasteiger partial charge in [-0.3, -0.25) is 4.40 Å². The van der Waals surface area contributed by atoms with Gasteiger partial charge in [0.2, 0.25) is 0 Å². The number of hydrogen-bond donors (Lipinski definition) is 0. The van der Waals surface area contributed by atoms with E-state index in [9.17, 15) is 0 Å². The van der Waals surface area contributed by atoms with Gasteiger partial charge in [-0.25, -0.2) is 0 Å². The zero-order chi connectivity index (χ0) is 12.5. The van der Waals surface area contributed by atoms with Crippen LogP contribution in [0.5, 0.6) is 0 Å². The Morgan fingerprint density at radius 1 is 1.17 bits per heavy atom. The Labute approximate surface area is 108 Å². The van der Waals surface area contributed by atoms with Crippen LogP contribution in [0.3, 0.4) is 0 Å². The molecule has 0 saturated heterocycles. The zero-order valence-corrected chi connectivity index (χ0v) is 9.96. The number of nitriles is 1. The molecule has 0 aliphatic carbocycles. The number of hydrogen-bond acceptors (Lipinski definition) is 3. The molecule has 1 aromatic carbocycles. The second kappa shape index (κ2) is 4.13. The number of benzene rings is 1. The van der Waals surface area contributed by atoms with E-state index in [0.717, 1.165) is 5.56 Å². The van der Waals surface area contributed by atoms with E-state index >= 15 is 0 Å². The fourth-order valence-corrected chi connectivity index (χ4v) is 1.98. The number of halogens is 1. The van der Waals surface area contributed by atoms with Gasteiger partial charge in [0.25, 0.3) is 0 Å². The first kappa shape index (κ1) is 10.8. The minimum Gasteiger partial charge on any atom is -0.282 e. The number of aromatic nitrogens is 3. The molecule has 5 heteroatoms. The smallest absolute Gasteiger partial charge is 0.168 e. The van der Waals surface area contributed by atoms with Crippen molar-refractivity contribution >= 4 is 17.2 Å². The van der Waals surface area contributed by atoms with Gasteiger partial charge in [0.15, 0.2) is 11.5 Å². The Morgan fingerprint density at radius 2 is 2.06 bits per heavy atom. The van der Waals surface area contributed by atoms with Gasteiger partial charge in [-0.05, 0) is 18.2 Å². The Balaban J connectivity index is 2.22. The quantitative estimate of drug-likeness (QED) is 0.671. The summed E-state index contributed by atoms with van der Waals surface area (Å²) in [6.07, 6.45) is 1.78. The van der Waals surface area contributed by atoms with Crippen molar-refractivity contribution in [2.75, 3.05) is 0 Å². The third-order valence-electron chi connectivity index (χ3n) is 2.62. The molecule has 2 heterocycles. The molecule has 0 fully saturated rings. The van der Waals surface area contributed by atoms with Gasteiger partial charge in [0, 0.05) is 22.8 Å². The SMILES string of the molecule is N#Cc1ccn2c(-c3cccc(Cl)c3)nnc2c1. The molecule has 0 unspecified atom stereocenters. The molecule has 0 saturated carbocycles. The van der Waals surface area contributed by atoms with Crippen molar-refractivity contribution in [2.24, 2.45) is 0 Å². The van der Waals surface area contributed by atoms with E-state index in [2.05, 4.69) is 16.3 Å². The molecule has 0 amide bonds. The molecule has 3 aromatic rings. The summed E-state index contributed by atoms with van der Waals surface area (Å²) in [5.41, 5.74) is 2.09.